The van der Waals surface area contributed by atoms with Crippen LogP contribution in [0.3, 0.4) is 0 Å². The number of carbonyl (C=O) groups is 2. The molecule has 0 saturated carbocycles. The van der Waals surface area contributed by atoms with Gasteiger partial charge in [-0.1, -0.05) is 6.07 Å². The maximum Gasteiger partial charge on any atom is 0.272 e. The first-order chi connectivity index (χ1) is 15.1. The molecule has 4 heterocycles. The predicted molar refractivity (Wildman–Crippen MR) is 114 cm³/mol. The van der Waals surface area contributed by atoms with Gasteiger partial charge in [-0.25, -0.2) is 9.50 Å². The Balaban J connectivity index is 1.55. The molecule has 0 radical (unpaired) electrons. The van der Waals surface area contributed by atoms with Crippen LogP contribution in [0.2, 0.25) is 0 Å². The van der Waals surface area contributed by atoms with Gasteiger partial charge >= 0.3 is 0 Å². The highest BCUT2D eigenvalue weighted by Crippen LogP contribution is 2.31. The van der Waals surface area contributed by atoms with Gasteiger partial charge in [0.2, 0.25) is 5.91 Å². The minimum absolute atomic E-state index is 0.0138. The second-order valence-electron chi connectivity index (χ2n) is 7.72. The largest absolute Gasteiger partial charge is 0.375 e. The van der Waals surface area contributed by atoms with Crippen LogP contribution in [-0.4, -0.2) is 63.1 Å². The number of hydrogen-bond donors (Lipinski definition) is 1. The van der Waals surface area contributed by atoms with Gasteiger partial charge in [-0.3, -0.25) is 14.6 Å². The second kappa shape index (κ2) is 9.22. The van der Waals surface area contributed by atoms with E-state index in [0.29, 0.717) is 25.3 Å². The monoisotopic (exact) mass is 422 g/mol. The fourth-order valence-corrected chi connectivity index (χ4v) is 4.06. The van der Waals surface area contributed by atoms with Gasteiger partial charge in [-0.2, -0.15) is 5.10 Å². The molecule has 1 aliphatic heterocycles. The minimum Gasteiger partial charge on any atom is -0.375 e. The van der Waals surface area contributed by atoms with Crippen LogP contribution in [0.1, 0.15) is 46.2 Å². The van der Waals surface area contributed by atoms with Gasteiger partial charge in [0.15, 0.2) is 5.65 Å². The van der Waals surface area contributed by atoms with Crippen molar-refractivity contribution in [2.24, 2.45) is 0 Å². The molecule has 31 heavy (non-hydrogen) atoms. The first-order valence-electron chi connectivity index (χ1n) is 10.4. The van der Waals surface area contributed by atoms with Crippen LogP contribution < -0.4 is 5.32 Å². The van der Waals surface area contributed by atoms with E-state index in [-0.39, 0.29) is 24.3 Å². The number of amides is 2. The van der Waals surface area contributed by atoms with Crippen molar-refractivity contribution in [3.8, 4) is 0 Å². The lowest BCUT2D eigenvalue weighted by atomic mass is 9.90. The average Bonchev–Trinajstić information content (AvgIpc) is 3.18. The zero-order chi connectivity index (χ0) is 21.8. The summed E-state index contributed by atoms with van der Waals surface area (Å²) < 4.78 is 6.78. The minimum atomic E-state index is -0.180. The topological polar surface area (TPSA) is 102 Å². The van der Waals surface area contributed by atoms with Crippen molar-refractivity contribution < 1.29 is 14.3 Å². The highest BCUT2D eigenvalue weighted by Gasteiger charge is 2.28. The number of pyridine rings is 1. The zero-order valence-electron chi connectivity index (χ0n) is 17.7. The van der Waals surface area contributed by atoms with E-state index in [1.165, 1.54) is 7.11 Å². The van der Waals surface area contributed by atoms with Crippen molar-refractivity contribution in [3.05, 3.63) is 59.3 Å². The van der Waals surface area contributed by atoms with Crippen LogP contribution in [-0.2, 0) is 16.1 Å². The lowest BCUT2D eigenvalue weighted by molar-refractivity contribution is -0.124. The number of rotatable bonds is 6. The molecule has 162 valence electrons. The van der Waals surface area contributed by atoms with Gasteiger partial charge in [0, 0.05) is 56.7 Å². The summed E-state index contributed by atoms with van der Waals surface area (Å²) in [6.45, 7) is 3.58. The molecule has 0 spiro atoms. The van der Waals surface area contributed by atoms with Crippen molar-refractivity contribution in [1.82, 2.24) is 29.8 Å². The van der Waals surface area contributed by atoms with Crippen LogP contribution in [0, 0.1) is 6.92 Å². The Bertz CT molecular complexity index is 1070. The average molecular weight is 422 g/mol. The fraction of sp³-hybridized carbons (Fsp3) is 0.409. The summed E-state index contributed by atoms with van der Waals surface area (Å²) in [5, 5.41) is 7.52. The van der Waals surface area contributed by atoms with E-state index in [1.807, 2.05) is 34.7 Å². The molecule has 1 saturated heterocycles. The summed E-state index contributed by atoms with van der Waals surface area (Å²) in [6.07, 6.45) is 5.05. The Morgan fingerprint density at radius 1 is 1.23 bits per heavy atom. The summed E-state index contributed by atoms with van der Waals surface area (Å²) in [5.41, 5.74) is 4.11. The van der Waals surface area contributed by atoms with Crippen molar-refractivity contribution >= 4 is 17.5 Å². The molecule has 1 aliphatic rings. The maximum atomic E-state index is 12.7. The molecule has 2 amide bonds. The van der Waals surface area contributed by atoms with E-state index in [9.17, 15) is 9.59 Å². The van der Waals surface area contributed by atoms with Crippen LogP contribution in [0.25, 0.3) is 5.65 Å². The Hall–Kier alpha value is -3.33. The van der Waals surface area contributed by atoms with Gasteiger partial charge < -0.3 is 15.0 Å². The first kappa shape index (κ1) is 20.9. The standard InChI is InChI=1S/C22H26N6O3/c1-15-11-19-24-12-17(13-25-20(29)14-31-2)21(28(19)26-15)16-6-9-27(10-7-16)22(30)18-5-3-4-8-23-18/h3-5,8,11-12,16H,6-7,9-10,13-14H2,1-2H3,(H,25,29). The van der Waals surface area contributed by atoms with Gasteiger partial charge in [-0.15, -0.1) is 0 Å². The third-order valence-electron chi connectivity index (χ3n) is 5.53. The molecule has 0 aromatic carbocycles. The maximum absolute atomic E-state index is 12.7. The number of likely N-dealkylation sites (tertiary alicyclic amines) is 1. The molecule has 9 nitrogen and oxygen atoms in total. The van der Waals surface area contributed by atoms with Gasteiger partial charge in [0.25, 0.3) is 5.91 Å². The summed E-state index contributed by atoms with van der Waals surface area (Å²) in [5.74, 6) is -0.0196. The molecular formula is C22H26N6O3. The quantitative estimate of drug-likeness (QED) is 0.649. The first-order valence-corrected chi connectivity index (χ1v) is 10.4. The number of carbonyl (C=O) groups excluding carboxylic acids is 2. The number of aromatic nitrogens is 4. The van der Waals surface area contributed by atoms with E-state index in [0.717, 1.165) is 35.4 Å². The van der Waals surface area contributed by atoms with Gasteiger partial charge in [0.05, 0.1) is 11.4 Å². The van der Waals surface area contributed by atoms with E-state index >= 15 is 0 Å². The molecule has 1 fully saturated rings. The predicted octanol–water partition coefficient (Wildman–Crippen LogP) is 1.72. The van der Waals surface area contributed by atoms with E-state index in [1.54, 1.807) is 18.3 Å². The van der Waals surface area contributed by atoms with Gasteiger partial charge in [0.1, 0.15) is 12.3 Å². The highest BCUT2D eigenvalue weighted by atomic mass is 16.5. The summed E-state index contributed by atoms with van der Waals surface area (Å²) >= 11 is 0. The number of aryl methyl sites for hydroxylation is 1. The third-order valence-corrected chi connectivity index (χ3v) is 5.53. The normalized spacial score (nSPS) is 14.7. The molecule has 3 aromatic rings. The Labute approximate surface area is 180 Å². The zero-order valence-corrected chi connectivity index (χ0v) is 17.7. The number of hydrogen-bond acceptors (Lipinski definition) is 6. The molecule has 3 aromatic heterocycles. The number of nitrogens with one attached hydrogen (secondary N) is 1. The number of piperidine rings is 1. The van der Waals surface area contributed by atoms with Crippen LogP contribution in [0.5, 0.6) is 0 Å². The van der Waals surface area contributed by atoms with E-state index in [4.69, 9.17) is 4.74 Å². The van der Waals surface area contributed by atoms with Crippen molar-refractivity contribution in [2.75, 3.05) is 26.8 Å². The number of ether oxygens (including phenoxy) is 1. The Morgan fingerprint density at radius 2 is 2.03 bits per heavy atom. The van der Waals surface area contributed by atoms with Crippen molar-refractivity contribution in [2.45, 2.75) is 32.2 Å². The number of nitrogens with zero attached hydrogens (tertiary/aromatic N) is 5. The van der Waals surface area contributed by atoms with Crippen molar-refractivity contribution in [3.63, 3.8) is 0 Å². The molecule has 0 atom stereocenters. The smallest absolute Gasteiger partial charge is 0.272 e. The molecule has 4 rings (SSSR count). The Morgan fingerprint density at radius 3 is 2.74 bits per heavy atom. The fourth-order valence-electron chi connectivity index (χ4n) is 4.06. The second-order valence-corrected chi connectivity index (χ2v) is 7.72. The lowest BCUT2D eigenvalue weighted by Gasteiger charge is -2.32. The van der Waals surface area contributed by atoms with Crippen LogP contribution in [0.4, 0.5) is 0 Å². The van der Waals surface area contributed by atoms with Crippen LogP contribution in [0.15, 0.2) is 36.7 Å². The third kappa shape index (κ3) is 4.56. The number of fused-ring (bicyclic) bond motifs is 1. The summed E-state index contributed by atoms with van der Waals surface area (Å²) in [6, 6.07) is 7.31. The van der Waals surface area contributed by atoms with Crippen LogP contribution >= 0.6 is 0 Å². The SMILES string of the molecule is COCC(=O)NCc1cnc2cc(C)nn2c1C1CCN(C(=O)c2ccccn2)CC1. The number of methoxy groups -OCH3 is 1. The van der Waals surface area contributed by atoms with Crippen molar-refractivity contribution in [1.29, 1.82) is 0 Å². The summed E-state index contributed by atoms with van der Waals surface area (Å²) in [4.78, 5) is 35.2. The van der Waals surface area contributed by atoms with E-state index < -0.39 is 0 Å². The molecule has 0 unspecified atom stereocenters. The van der Waals surface area contributed by atoms with Gasteiger partial charge in [-0.05, 0) is 31.9 Å². The molecule has 0 bridgehead atoms. The molecule has 9 heteroatoms. The molecule has 0 aliphatic carbocycles. The Kier molecular flexibility index (Phi) is 6.22. The van der Waals surface area contributed by atoms with E-state index in [2.05, 4.69) is 20.4 Å². The highest BCUT2D eigenvalue weighted by molar-refractivity contribution is 5.92. The lowest BCUT2D eigenvalue weighted by Crippen LogP contribution is -2.39. The molecule has 1 N–H and O–H groups in total. The molecular weight excluding hydrogens is 396 g/mol. The summed E-state index contributed by atoms with van der Waals surface area (Å²) in [7, 11) is 1.49.